The summed E-state index contributed by atoms with van der Waals surface area (Å²) in [5, 5.41) is 0. The highest BCUT2D eigenvalue weighted by Gasteiger charge is 2.28. The zero-order valence-corrected chi connectivity index (χ0v) is 9.08. The first-order chi connectivity index (χ1) is 5.52. The highest BCUT2D eigenvalue weighted by Crippen LogP contribution is 2.12. The summed E-state index contributed by atoms with van der Waals surface area (Å²) in [6.45, 7) is 3.91. The van der Waals surface area contributed by atoms with Crippen molar-refractivity contribution < 1.29 is 9.59 Å². The maximum absolute atomic E-state index is 9.41. The smallest absolute Gasteiger partial charge is 0.334 e. The highest BCUT2D eigenvalue weighted by atomic mass is 28.4. The van der Waals surface area contributed by atoms with Gasteiger partial charge >= 0.3 is 8.56 Å². The predicted molar refractivity (Wildman–Crippen MR) is 53.0 cm³/mol. The number of hydrogen-bond donors (Lipinski definition) is 3. The van der Waals surface area contributed by atoms with Crippen molar-refractivity contribution >= 4 is 8.56 Å². The Morgan fingerprint density at radius 1 is 1.33 bits per heavy atom. The van der Waals surface area contributed by atoms with Gasteiger partial charge in [0.25, 0.3) is 0 Å². The van der Waals surface area contributed by atoms with Crippen LogP contribution in [0, 0.1) is 0 Å². The van der Waals surface area contributed by atoms with E-state index in [2.05, 4.69) is 6.92 Å². The van der Waals surface area contributed by atoms with Crippen molar-refractivity contribution in [2.45, 2.75) is 51.2 Å². The Labute approximate surface area is 75.8 Å². The Morgan fingerprint density at radius 3 is 2.33 bits per heavy atom. The third-order valence-electron chi connectivity index (χ3n) is 2.08. The van der Waals surface area contributed by atoms with Crippen LogP contribution in [0.3, 0.4) is 0 Å². The highest BCUT2D eigenvalue weighted by molar-refractivity contribution is 6.64. The van der Waals surface area contributed by atoms with E-state index in [9.17, 15) is 9.59 Å². The molecule has 1 unspecified atom stereocenters. The van der Waals surface area contributed by atoms with Gasteiger partial charge in [-0.2, -0.15) is 0 Å². The van der Waals surface area contributed by atoms with E-state index in [0.717, 1.165) is 19.3 Å². The van der Waals surface area contributed by atoms with Gasteiger partial charge in [0.2, 0.25) is 0 Å². The molecule has 0 aliphatic carbocycles. The summed E-state index contributed by atoms with van der Waals surface area (Å²) in [5.74, 6) is 0. The minimum atomic E-state index is -2.92. The zero-order valence-electron chi connectivity index (χ0n) is 8.08. The molecule has 0 aliphatic heterocycles. The van der Waals surface area contributed by atoms with Crippen LogP contribution >= 0.6 is 0 Å². The van der Waals surface area contributed by atoms with Crippen LogP contribution < -0.4 is 5.73 Å². The van der Waals surface area contributed by atoms with Crippen LogP contribution in [-0.4, -0.2) is 24.2 Å². The fourth-order valence-electron chi connectivity index (χ4n) is 1.13. The van der Waals surface area contributed by atoms with Gasteiger partial charge in [0, 0.05) is 12.1 Å². The van der Waals surface area contributed by atoms with Crippen molar-refractivity contribution in [1.82, 2.24) is 0 Å². The molecule has 0 saturated carbocycles. The third-order valence-corrected chi connectivity index (χ3v) is 4.39. The fourth-order valence-corrected chi connectivity index (χ4v) is 2.47. The predicted octanol–water partition coefficient (Wildman–Crippen LogP) is 0.951. The zero-order chi connectivity index (χ0) is 9.61. The van der Waals surface area contributed by atoms with E-state index in [4.69, 9.17) is 5.73 Å². The van der Waals surface area contributed by atoms with E-state index < -0.39 is 8.56 Å². The molecule has 0 saturated heterocycles. The van der Waals surface area contributed by atoms with Gasteiger partial charge < -0.3 is 15.3 Å². The van der Waals surface area contributed by atoms with E-state index in [1.807, 2.05) is 0 Å². The second-order valence-corrected chi connectivity index (χ2v) is 6.52. The summed E-state index contributed by atoms with van der Waals surface area (Å²) in [7, 11) is -2.92. The van der Waals surface area contributed by atoms with Crippen molar-refractivity contribution in [3.63, 3.8) is 0 Å². The number of unbranched alkanes of at least 4 members (excludes halogenated alkanes) is 1. The monoisotopic (exact) mass is 191 g/mol. The Bertz CT molecular complexity index is 120. The molecule has 0 bridgehead atoms. The largest absolute Gasteiger partial charge is 0.411 e. The maximum atomic E-state index is 9.41. The normalized spacial score (nSPS) is 14.8. The lowest BCUT2D eigenvalue weighted by molar-refractivity contribution is 0.350. The molecule has 0 heterocycles. The van der Waals surface area contributed by atoms with Gasteiger partial charge in [-0.1, -0.05) is 26.7 Å². The molecule has 4 heteroatoms. The van der Waals surface area contributed by atoms with Gasteiger partial charge in [-0.25, -0.2) is 0 Å². The Kier molecular flexibility index (Phi) is 5.74. The third kappa shape index (κ3) is 5.71. The van der Waals surface area contributed by atoms with Gasteiger partial charge in [-0.05, 0) is 12.5 Å². The molecule has 74 valence electrons. The summed E-state index contributed by atoms with van der Waals surface area (Å²) in [4.78, 5) is 18.8. The Hall–Kier alpha value is 0.0969. The minimum Gasteiger partial charge on any atom is -0.411 e. The van der Waals surface area contributed by atoms with E-state index >= 15 is 0 Å². The lowest BCUT2D eigenvalue weighted by Gasteiger charge is -2.20. The summed E-state index contributed by atoms with van der Waals surface area (Å²) in [6.07, 6.45) is 3.10. The van der Waals surface area contributed by atoms with Gasteiger partial charge in [-0.3, -0.25) is 0 Å². The molecule has 0 rings (SSSR count). The second kappa shape index (κ2) is 5.69. The van der Waals surface area contributed by atoms with E-state index in [-0.39, 0.29) is 6.04 Å². The van der Waals surface area contributed by atoms with E-state index in [1.54, 1.807) is 6.92 Å². The van der Waals surface area contributed by atoms with Crippen LogP contribution in [-0.2, 0) is 0 Å². The van der Waals surface area contributed by atoms with Crippen molar-refractivity contribution in [2.24, 2.45) is 5.73 Å². The quantitative estimate of drug-likeness (QED) is 0.548. The minimum absolute atomic E-state index is 0.0217. The van der Waals surface area contributed by atoms with Crippen molar-refractivity contribution in [1.29, 1.82) is 0 Å². The van der Waals surface area contributed by atoms with Crippen LogP contribution in [0.5, 0.6) is 0 Å². The second-order valence-electron chi connectivity index (χ2n) is 3.44. The molecule has 0 fully saturated rings. The summed E-state index contributed by atoms with van der Waals surface area (Å²) >= 11 is 0. The Balaban J connectivity index is 3.60. The molecule has 0 aromatic carbocycles. The van der Waals surface area contributed by atoms with Gasteiger partial charge in [0.05, 0.1) is 0 Å². The van der Waals surface area contributed by atoms with Crippen molar-refractivity contribution in [3.8, 4) is 0 Å². The summed E-state index contributed by atoms with van der Waals surface area (Å²) in [6, 6.07) is 0.877. The van der Waals surface area contributed by atoms with Crippen LogP contribution in [0.4, 0.5) is 0 Å². The molecule has 0 aromatic heterocycles. The summed E-state index contributed by atoms with van der Waals surface area (Å²) < 4.78 is 0. The van der Waals surface area contributed by atoms with Gasteiger partial charge in [0.1, 0.15) is 0 Å². The molecule has 0 aliphatic rings. The number of hydrogen-bond acceptors (Lipinski definition) is 3. The molecule has 4 N–H and O–H groups in total. The molecule has 0 radical (unpaired) electrons. The van der Waals surface area contributed by atoms with Gasteiger partial charge in [0.15, 0.2) is 0 Å². The van der Waals surface area contributed by atoms with Crippen molar-refractivity contribution in [2.75, 3.05) is 0 Å². The molecule has 3 nitrogen and oxygen atoms in total. The first kappa shape index (κ1) is 12.1. The summed E-state index contributed by atoms with van der Waals surface area (Å²) in [5.41, 5.74) is 5.74. The average molecular weight is 191 g/mol. The maximum Gasteiger partial charge on any atom is 0.334 e. The topological polar surface area (TPSA) is 66.5 Å². The molecule has 1 atom stereocenters. The molecule has 0 spiro atoms. The Morgan fingerprint density at radius 2 is 1.92 bits per heavy atom. The SMILES string of the molecule is CCCCC(N)C[Si](O)(O)CC. The van der Waals surface area contributed by atoms with Crippen molar-refractivity contribution in [3.05, 3.63) is 0 Å². The van der Waals surface area contributed by atoms with Crippen LogP contribution in [0.15, 0.2) is 0 Å². The molecular formula is C8H21NO2Si. The average Bonchev–Trinajstić information content (AvgIpc) is 2.00. The van der Waals surface area contributed by atoms with Crippen LogP contribution in [0.2, 0.25) is 12.1 Å². The van der Waals surface area contributed by atoms with E-state index in [1.165, 1.54) is 0 Å². The lowest BCUT2D eigenvalue weighted by atomic mass is 10.2. The number of rotatable bonds is 6. The fraction of sp³-hybridized carbons (Fsp3) is 1.00. The van der Waals surface area contributed by atoms with Crippen LogP contribution in [0.1, 0.15) is 33.1 Å². The van der Waals surface area contributed by atoms with E-state index in [0.29, 0.717) is 12.1 Å². The van der Waals surface area contributed by atoms with Crippen LogP contribution in [0.25, 0.3) is 0 Å². The number of nitrogens with two attached hydrogens (primary N) is 1. The standard InChI is InChI=1S/C8H21NO2Si/c1-3-5-6-8(9)7-12(10,11)4-2/h8,10-11H,3-7,9H2,1-2H3. The van der Waals surface area contributed by atoms with Gasteiger partial charge in [-0.15, -0.1) is 0 Å². The molecule has 0 aromatic rings. The molecule has 0 amide bonds. The first-order valence-electron chi connectivity index (χ1n) is 4.72. The first-order valence-corrected chi connectivity index (χ1v) is 7.03. The lowest BCUT2D eigenvalue weighted by Crippen LogP contribution is -2.40. The molecular weight excluding hydrogens is 170 g/mol. The molecule has 12 heavy (non-hydrogen) atoms.